The third-order valence-corrected chi connectivity index (χ3v) is 2.99. The summed E-state index contributed by atoms with van der Waals surface area (Å²) < 4.78 is 17.8. The van der Waals surface area contributed by atoms with Crippen molar-refractivity contribution in [2.75, 3.05) is 5.32 Å². The van der Waals surface area contributed by atoms with Crippen molar-refractivity contribution in [3.63, 3.8) is 0 Å². The Morgan fingerprint density at radius 1 is 1.22 bits per heavy atom. The molecular formula is C17H13FN2O3. The second kappa shape index (κ2) is 7.18. The lowest BCUT2D eigenvalue weighted by Gasteiger charge is -2.13. The molecule has 0 saturated heterocycles. The maximum absolute atomic E-state index is 12.8. The van der Waals surface area contributed by atoms with Gasteiger partial charge in [-0.3, -0.25) is 4.79 Å². The Bertz CT molecular complexity index is 766. The van der Waals surface area contributed by atoms with Crippen LogP contribution in [0.1, 0.15) is 22.8 Å². The minimum atomic E-state index is -1.04. The number of carbonyl (C=O) groups excluding carboxylic acids is 2. The smallest absolute Gasteiger partial charge is 0.338 e. The molecule has 0 bridgehead atoms. The predicted octanol–water partition coefficient (Wildman–Crippen LogP) is 2.88. The van der Waals surface area contributed by atoms with Gasteiger partial charge in [0.25, 0.3) is 5.91 Å². The van der Waals surface area contributed by atoms with Crippen LogP contribution in [0.4, 0.5) is 10.1 Å². The Kier molecular flexibility index (Phi) is 5.05. The van der Waals surface area contributed by atoms with Gasteiger partial charge in [0.1, 0.15) is 5.82 Å². The Hall–Kier alpha value is -3.20. The monoisotopic (exact) mass is 312 g/mol. The summed E-state index contributed by atoms with van der Waals surface area (Å²) in [6.07, 6.45) is -1.04. The molecule has 0 aliphatic carbocycles. The van der Waals surface area contributed by atoms with Crippen LogP contribution in [0.25, 0.3) is 0 Å². The van der Waals surface area contributed by atoms with E-state index in [0.29, 0.717) is 11.3 Å². The molecule has 5 nitrogen and oxygen atoms in total. The zero-order chi connectivity index (χ0) is 16.8. The van der Waals surface area contributed by atoms with E-state index < -0.39 is 23.8 Å². The molecule has 2 rings (SSSR count). The maximum atomic E-state index is 12.8. The topological polar surface area (TPSA) is 79.2 Å². The van der Waals surface area contributed by atoms with Gasteiger partial charge in [-0.25, -0.2) is 9.18 Å². The Balaban J connectivity index is 1.98. The molecule has 0 heterocycles. The van der Waals surface area contributed by atoms with Crippen LogP contribution in [-0.4, -0.2) is 18.0 Å². The molecule has 0 aliphatic rings. The summed E-state index contributed by atoms with van der Waals surface area (Å²) >= 11 is 0. The summed E-state index contributed by atoms with van der Waals surface area (Å²) in [4.78, 5) is 23.9. The Morgan fingerprint density at radius 2 is 1.91 bits per heavy atom. The van der Waals surface area contributed by atoms with Gasteiger partial charge in [0, 0.05) is 5.69 Å². The minimum absolute atomic E-state index is 0.150. The number of hydrogen-bond donors (Lipinski definition) is 1. The fourth-order valence-electron chi connectivity index (χ4n) is 1.78. The molecule has 0 fully saturated rings. The number of halogens is 1. The molecule has 0 saturated carbocycles. The van der Waals surface area contributed by atoms with E-state index in [2.05, 4.69) is 5.32 Å². The molecule has 23 heavy (non-hydrogen) atoms. The Labute approximate surface area is 132 Å². The quantitative estimate of drug-likeness (QED) is 0.880. The van der Waals surface area contributed by atoms with E-state index in [1.807, 2.05) is 6.07 Å². The van der Waals surface area contributed by atoms with Gasteiger partial charge in [-0.15, -0.1) is 0 Å². The first-order valence-corrected chi connectivity index (χ1v) is 6.77. The largest absolute Gasteiger partial charge is 0.449 e. The molecule has 2 aromatic rings. The first-order chi connectivity index (χ1) is 11.0. The van der Waals surface area contributed by atoms with Crippen molar-refractivity contribution in [3.8, 4) is 6.07 Å². The number of nitriles is 1. The molecule has 1 N–H and O–H groups in total. The molecule has 116 valence electrons. The average molecular weight is 312 g/mol. The molecular weight excluding hydrogens is 299 g/mol. The van der Waals surface area contributed by atoms with Crippen LogP contribution in [0.15, 0.2) is 48.5 Å². The van der Waals surface area contributed by atoms with E-state index in [1.165, 1.54) is 25.1 Å². The molecule has 0 radical (unpaired) electrons. The number of rotatable bonds is 4. The zero-order valence-electron chi connectivity index (χ0n) is 12.2. The number of hydrogen-bond acceptors (Lipinski definition) is 4. The number of nitrogens with zero attached hydrogens (tertiary/aromatic N) is 1. The van der Waals surface area contributed by atoms with Crippen LogP contribution in [-0.2, 0) is 9.53 Å². The van der Waals surface area contributed by atoms with Gasteiger partial charge in [0.2, 0.25) is 0 Å². The molecule has 2 aromatic carbocycles. The molecule has 1 atom stereocenters. The van der Waals surface area contributed by atoms with E-state index in [9.17, 15) is 14.0 Å². The lowest BCUT2D eigenvalue weighted by molar-refractivity contribution is -0.123. The lowest BCUT2D eigenvalue weighted by Crippen LogP contribution is -2.30. The third kappa shape index (κ3) is 4.38. The van der Waals surface area contributed by atoms with Crippen molar-refractivity contribution in [1.82, 2.24) is 0 Å². The number of esters is 1. The van der Waals surface area contributed by atoms with E-state index >= 15 is 0 Å². The lowest BCUT2D eigenvalue weighted by atomic mass is 10.2. The minimum Gasteiger partial charge on any atom is -0.449 e. The molecule has 0 spiro atoms. The summed E-state index contributed by atoms with van der Waals surface area (Å²) in [5.41, 5.74) is 0.981. The average Bonchev–Trinajstić information content (AvgIpc) is 2.55. The summed E-state index contributed by atoms with van der Waals surface area (Å²) in [6, 6.07) is 13.1. The highest BCUT2D eigenvalue weighted by Gasteiger charge is 2.19. The number of amides is 1. The van der Waals surface area contributed by atoms with Gasteiger partial charge in [-0.1, -0.05) is 6.07 Å². The van der Waals surface area contributed by atoms with E-state index in [4.69, 9.17) is 10.00 Å². The number of ether oxygens (including phenoxy) is 1. The second-order valence-corrected chi connectivity index (χ2v) is 4.74. The molecule has 0 aromatic heterocycles. The fraction of sp³-hybridized carbons (Fsp3) is 0.118. The van der Waals surface area contributed by atoms with Crippen LogP contribution in [0.5, 0.6) is 0 Å². The van der Waals surface area contributed by atoms with Crippen molar-refractivity contribution >= 4 is 17.6 Å². The summed E-state index contributed by atoms with van der Waals surface area (Å²) in [5.74, 6) is -1.72. The van der Waals surface area contributed by atoms with Gasteiger partial charge >= 0.3 is 5.97 Å². The van der Waals surface area contributed by atoms with Crippen molar-refractivity contribution in [3.05, 3.63) is 65.5 Å². The number of carbonyl (C=O) groups is 2. The van der Waals surface area contributed by atoms with E-state index in [0.717, 1.165) is 12.1 Å². The van der Waals surface area contributed by atoms with Crippen LogP contribution in [0.2, 0.25) is 0 Å². The number of anilines is 1. The SMILES string of the molecule is C[C@H](OC(=O)c1ccc(F)cc1)C(=O)Nc1cccc(C#N)c1. The van der Waals surface area contributed by atoms with Crippen LogP contribution < -0.4 is 5.32 Å². The van der Waals surface area contributed by atoms with E-state index in [-0.39, 0.29) is 5.56 Å². The van der Waals surface area contributed by atoms with Gasteiger partial charge in [0.15, 0.2) is 6.10 Å². The molecule has 1 amide bonds. The third-order valence-electron chi connectivity index (χ3n) is 2.99. The van der Waals surface area contributed by atoms with Crippen molar-refractivity contribution in [1.29, 1.82) is 5.26 Å². The zero-order valence-corrected chi connectivity index (χ0v) is 12.2. The first kappa shape index (κ1) is 16.2. The highest BCUT2D eigenvalue weighted by molar-refractivity contribution is 5.97. The summed E-state index contributed by atoms with van der Waals surface area (Å²) in [7, 11) is 0. The highest BCUT2D eigenvalue weighted by Crippen LogP contribution is 2.12. The summed E-state index contributed by atoms with van der Waals surface area (Å²) in [5, 5.41) is 11.4. The molecule has 0 aliphatic heterocycles. The van der Waals surface area contributed by atoms with Gasteiger partial charge in [-0.05, 0) is 49.4 Å². The number of nitrogens with one attached hydrogen (secondary N) is 1. The van der Waals surface area contributed by atoms with Gasteiger partial charge in [0.05, 0.1) is 17.2 Å². The van der Waals surface area contributed by atoms with Gasteiger partial charge < -0.3 is 10.1 Å². The highest BCUT2D eigenvalue weighted by atomic mass is 19.1. The summed E-state index contributed by atoms with van der Waals surface area (Å²) in [6.45, 7) is 1.42. The standard InChI is InChI=1S/C17H13FN2O3/c1-11(23-17(22)13-5-7-14(18)8-6-13)16(21)20-15-4-2-3-12(9-15)10-19/h2-9,11H,1H3,(H,20,21)/t11-/m0/s1. The molecule has 0 unspecified atom stereocenters. The Morgan fingerprint density at radius 3 is 2.57 bits per heavy atom. The first-order valence-electron chi connectivity index (χ1n) is 6.77. The van der Waals surface area contributed by atoms with Gasteiger partial charge in [-0.2, -0.15) is 5.26 Å². The van der Waals surface area contributed by atoms with Crippen molar-refractivity contribution < 1.29 is 18.7 Å². The predicted molar refractivity (Wildman–Crippen MR) is 81.1 cm³/mol. The van der Waals surface area contributed by atoms with Crippen LogP contribution >= 0.6 is 0 Å². The normalized spacial score (nSPS) is 11.2. The maximum Gasteiger partial charge on any atom is 0.338 e. The van der Waals surface area contributed by atoms with Crippen molar-refractivity contribution in [2.45, 2.75) is 13.0 Å². The second-order valence-electron chi connectivity index (χ2n) is 4.74. The van der Waals surface area contributed by atoms with Crippen LogP contribution in [0.3, 0.4) is 0 Å². The fourth-order valence-corrected chi connectivity index (χ4v) is 1.78. The molecule has 6 heteroatoms. The van der Waals surface area contributed by atoms with E-state index in [1.54, 1.807) is 18.2 Å². The van der Waals surface area contributed by atoms with Crippen molar-refractivity contribution in [2.24, 2.45) is 0 Å². The number of benzene rings is 2. The van der Waals surface area contributed by atoms with Crippen LogP contribution in [0, 0.1) is 17.1 Å².